The molecule has 2 rings (SSSR count). The Morgan fingerprint density at radius 1 is 1.44 bits per heavy atom. The smallest absolute Gasteiger partial charge is 0.260 e. The van der Waals surface area contributed by atoms with Crippen LogP contribution in [0.3, 0.4) is 0 Å². The molecule has 1 N–H and O–H groups in total. The molecule has 1 aromatic rings. The minimum Gasteiger partial charge on any atom is -0.484 e. The number of benzene rings is 1. The molecule has 0 aliphatic carbocycles. The molecule has 1 amide bonds. The Morgan fingerprint density at radius 2 is 2.11 bits per heavy atom. The van der Waals surface area contributed by atoms with E-state index in [0.29, 0.717) is 19.5 Å². The Labute approximate surface area is 107 Å². The van der Waals surface area contributed by atoms with E-state index in [4.69, 9.17) is 4.74 Å². The molecular weight excluding hydrogens is 230 g/mol. The third-order valence-electron chi connectivity index (χ3n) is 3.43. The van der Waals surface area contributed by atoms with Crippen molar-refractivity contribution >= 4 is 5.91 Å². The van der Waals surface area contributed by atoms with Crippen LogP contribution in [0, 0.1) is 6.92 Å². The summed E-state index contributed by atoms with van der Waals surface area (Å²) in [5, 5.41) is 9.83. The number of nitrogens with zero attached hydrogens (tertiary/aromatic N) is 1. The molecule has 0 saturated carbocycles. The van der Waals surface area contributed by atoms with E-state index in [0.717, 1.165) is 11.3 Å². The maximum atomic E-state index is 11.8. The number of ether oxygens (including phenoxy) is 1. The van der Waals surface area contributed by atoms with Crippen LogP contribution in [0.2, 0.25) is 0 Å². The second-order valence-electron chi connectivity index (χ2n) is 4.88. The lowest BCUT2D eigenvalue weighted by molar-refractivity contribution is -0.157. The van der Waals surface area contributed by atoms with Gasteiger partial charge in [0, 0.05) is 0 Å². The first kappa shape index (κ1) is 12.9. The molecule has 1 aromatic carbocycles. The molecule has 98 valence electrons. The van der Waals surface area contributed by atoms with Crippen LogP contribution >= 0.6 is 0 Å². The summed E-state index contributed by atoms with van der Waals surface area (Å²) in [6, 6.07) is 7.60. The summed E-state index contributed by atoms with van der Waals surface area (Å²) in [6.45, 7) is 4.73. The number of amides is 1. The molecule has 0 spiro atoms. The first-order chi connectivity index (χ1) is 8.54. The number of hydrogen-bond donors (Lipinski definition) is 1. The van der Waals surface area contributed by atoms with Gasteiger partial charge in [0.25, 0.3) is 5.91 Å². The average Bonchev–Trinajstić information content (AvgIpc) is 2.33. The summed E-state index contributed by atoms with van der Waals surface area (Å²) in [6.07, 6.45) is 0.676. The monoisotopic (exact) mass is 249 g/mol. The zero-order valence-corrected chi connectivity index (χ0v) is 10.8. The standard InChI is InChI=1S/C14H19NO3/c1-3-14(17)9-15(10-14)13(16)8-18-12-7-5-4-6-11(12)2/h4-7,17H,3,8-10H2,1-2H3. The van der Waals surface area contributed by atoms with E-state index in [-0.39, 0.29) is 12.5 Å². The van der Waals surface area contributed by atoms with E-state index in [1.54, 1.807) is 4.90 Å². The van der Waals surface area contributed by atoms with E-state index in [2.05, 4.69) is 0 Å². The van der Waals surface area contributed by atoms with Crippen LogP contribution in [0.1, 0.15) is 18.9 Å². The number of para-hydroxylation sites is 1. The van der Waals surface area contributed by atoms with Crippen molar-refractivity contribution in [3.63, 3.8) is 0 Å². The van der Waals surface area contributed by atoms with Gasteiger partial charge in [0.05, 0.1) is 18.7 Å². The Morgan fingerprint density at radius 3 is 2.72 bits per heavy atom. The maximum Gasteiger partial charge on any atom is 0.260 e. The lowest BCUT2D eigenvalue weighted by Crippen LogP contribution is -2.63. The van der Waals surface area contributed by atoms with Crippen molar-refractivity contribution in [2.45, 2.75) is 25.9 Å². The summed E-state index contributed by atoms with van der Waals surface area (Å²) in [7, 11) is 0. The quantitative estimate of drug-likeness (QED) is 0.876. The van der Waals surface area contributed by atoms with Gasteiger partial charge >= 0.3 is 0 Å². The number of hydrogen-bond acceptors (Lipinski definition) is 3. The van der Waals surface area contributed by atoms with Gasteiger partial charge in [-0.2, -0.15) is 0 Å². The van der Waals surface area contributed by atoms with Gasteiger partial charge in [-0.05, 0) is 25.0 Å². The van der Waals surface area contributed by atoms with E-state index in [9.17, 15) is 9.90 Å². The highest BCUT2D eigenvalue weighted by atomic mass is 16.5. The molecule has 1 fully saturated rings. The lowest BCUT2D eigenvalue weighted by atomic mass is 9.91. The highest BCUT2D eigenvalue weighted by molar-refractivity contribution is 5.79. The number of aliphatic hydroxyl groups is 1. The van der Waals surface area contributed by atoms with Crippen LogP contribution in [0.5, 0.6) is 5.75 Å². The van der Waals surface area contributed by atoms with Gasteiger partial charge in [0.1, 0.15) is 5.75 Å². The molecule has 4 nitrogen and oxygen atoms in total. The Bertz CT molecular complexity index is 438. The Hall–Kier alpha value is -1.55. The number of carbonyl (C=O) groups is 1. The van der Waals surface area contributed by atoms with E-state index >= 15 is 0 Å². The summed E-state index contributed by atoms with van der Waals surface area (Å²) in [5.74, 6) is 0.661. The van der Waals surface area contributed by atoms with Gasteiger partial charge < -0.3 is 14.7 Å². The number of β-amino-alcohol motifs (C(OH)–C–C–N with tert-alkyl or cyclic N) is 1. The number of carbonyl (C=O) groups excluding carboxylic acids is 1. The molecule has 0 radical (unpaired) electrons. The van der Waals surface area contributed by atoms with Gasteiger partial charge in [0.2, 0.25) is 0 Å². The van der Waals surface area contributed by atoms with Crippen molar-refractivity contribution in [3.05, 3.63) is 29.8 Å². The summed E-state index contributed by atoms with van der Waals surface area (Å²) < 4.78 is 5.48. The first-order valence-corrected chi connectivity index (χ1v) is 6.23. The van der Waals surface area contributed by atoms with Crippen LogP contribution in [-0.2, 0) is 4.79 Å². The van der Waals surface area contributed by atoms with E-state index < -0.39 is 5.60 Å². The normalized spacial score (nSPS) is 17.2. The molecular formula is C14H19NO3. The number of likely N-dealkylation sites (tertiary alicyclic amines) is 1. The van der Waals surface area contributed by atoms with Gasteiger partial charge in [-0.25, -0.2) is 0 Å². The van der Waals surface area contributed by atoms with E-state index in [1.165, 1.54) is 0 Å². The van der Waals surface area contributed by atoms with Crippen molar-refractivity contribution < 1.29 is 14.6 Å². The van der Waals surface area contributed by atoms with Gasteiger partial charge in [-0.3, -0.25) is 4.79 Å². The summed E-state index contributed by atoms with van der Waals surface area (Å²) >= 11 is 0. The zero-order valence-electron chi connectivity index (χ0n) is 10.8. The molecule has 4 heteroatoms. The number of rotatable bonds is 4. The Balaban J connectivity index is 1.82. The largest absolute Gasteiger partial charge is 0.484 e. The number of aryl methyl sites for hydroxylation is 1. The van der Waals surface area contributed by atoms with Gasteiger partial charge in [-0.15, -0.1) is 0 Å². The van der Waals surface area contributed by atoms with Crippen LogP contribution in [0.15, 0.2) is 24.3 Å². The molecule has 0 atom stereocenters. The Kier molecular flexibility index (Phi) is 3.57. The van der Waals surface area contributed by atoms with Crippen LogP contribution < -0.4 is 4.74 Å². The third kappa shape index (κ3) is 2.64. The minimum absolute atomic E-state index is 0.0324. The van der Waals surface area contributed by atoms with Gasteiger partial charge in [-0.1, -0.05) is 25.1 Å². The summed E-state index contributed by atoms with van der Waals surface area (Å²) in [5.41, 5.74) is 0.331. The van der Waals surface area contributed by atoms with E-state index in [1.807, 2.05) is 38.1 Å². The molecule has 0 aromatic heterocycles. The SMILES string of the molecule is CCC1(O)CN(C(=O)COc2ccccc2C)C1. The molecule has 0 unspecified atom stereocenters. The fourth-order valence-corrected chi connectivity index (χ4v) is 2.01. The minimum atomic E-state index is -0.682. The topological polar surface area (TPSA) is 49.8 Å². The highest BCUT2D eigenvalue weighted by Crippen LogP contribution is 2.24. The molecule has 0 bridgehead atoms. The highest BCUT2D eigenvalue weighted by Gasteiger charge is 2.41. The van der Waals surface area contributed by atoms with Crippen molar-refractivity contribution in [2.75, 3.05) is 19.7 Å². The van der Waals surface area contributed by atoms with Crippen molar-refractivity contribution in [2.24, 2.45) is 0 Å². The summed E-state index contributed by atoms with van der Waals surface area (Å²) in [4.78, 5) is 13.4. The predicted octanol–water partition coefficient (Wildman–Crippen LogP) is 1.36. The van der Waals surface area contributed by atoms with Crippen LogP contribution in [-0.4, -0.2) is 41.2 Å². The zero-order chi connectivity index (χ0) is 13.2. The van der Waals surface area contributed by atoms with Crippen LogP contribution in [0.4, 0.5) is 0 Å². The van der Waals surface area contributed by atoms with Crippen molar-refractivity contribution in [1.82, 2.24) is 4.90 Å². The molecule has 1 saturated heterocycles. The van der Waals surface area contributed by atoms with Crippen molar-refractivity contribution in [1.29, 1.82) is 0 Å². The average molecular weight is 249 g/mol. The first-order valence-electron chi connectivity index (χ1n) is 6.23. The molecule has 1 heterocycles. The third-order valence-corrected chi connectivity index (χ3v) is 3.43. The van der Waals surface area contributed by atoms with Gasteiger partial charge in [0.15, 0.2) is 6.61 Å². The lowest BCUT2D eigenvalue weighted by Gasteiger charge is -2.45. The second-order valence-corrected chi connectivity index (χ2v) is 4.88. The predicted molar refractivity (Wildman–Crippen MR) is 68.5 cm³/mol. The molecule has 1 aliphatic rings. The second kappa shape index (κ2) is 4.98. The molecule has 18 heavy (non-hydrogen) atoms. The fraction of sp³-hybridized carbons (Fsp3) is 0.500. The maximum absolute atomic E-state index is 11.8. The van der Waals surface area contributed by atoms with Crippen LogP contribution in [0.25, 0.3) is 0 Å². The molecule has 1 aliphatic heterocycles. The van der Waals surface area contributed by atoms with Crippen molar-refractivity contribution in [3.8, 4) is 5.75 Å². The fourth-order valence-electron chi connectivity index (χ4n) is 2.01.